The quantitative estimate of drug-likeness (QED) is 0.868. The van der Waals surface area contributed by atoms with E-state index in [0.717, 1.165) is 17.5 Å². The van der Waals surface area contributed by atoms with Crippen molar-refractivity contribution in [2.24, 2.45) is 5.92 Å². The van der Waals surface area contributed by atoms with Crippen molar-refractivity contribution in [1.82, 2.24) is 4.90 Å². The minimum Gasteiger partial charge on any atom is -0.341 e. The highest BCUT2D eigenvalue weighted by atomic mass is 19.1. The van der Waals surface area contributed by atoms with Gasteiger partial charge in [-0.05, 0) is 47.7 Å². The summed E-state index contributed by atoms with van der Waals surface area (Å²) in [6.45, 7) is 0.487. The number of nitrogens with zero attached hydrogens (tertiary/aromatic N) is 2. The molecular formula is C19H17FN2O. The molecule has 0 N–H and O–H groups in total. The third-order valence-electron chi connectivity index (χ3n) is 4.26. The topological polar surface area (TPSA) is 44.1 Å². The molecule has 2 atom stereocenters. The minimum atomic E-state index is -0.258. The number of carbonyl (C=O) groups is 1. The van der Waals surface area contributed by atoms with Gasteiger partial charge in [-0.2, -0.15) is 5.26 Å². The molecule has 1 saturated carbocycles. The average molecular weight is 308 g/mol. The van der Waals surface area contributed by atoms with Crippen molar-refractivity contribution < 1.29 is 9.18 Å². The van der Waals surface area contributed by atoms with Gasteiger partial charge in [0.25, 0.3) is 0 Å². The second-order valence-corrected chi connectivity index (χ2v) is 6.01. The van der Waals surface area contributed by atoms with Crippen LogP contribution in [0, 0.1) is 23.1 Å². The maximum Gasteiger partial charge on any atom is 0.226 e. The molecule has 1 aliphatic rings. The van der Waals surface area contributed by atoms with E-state index in [2.05, 4.69) is 6.07 Å². The van der Waals surface area contributed by atoms with Crippen molar-refractivity contribution in [2.75, 3.05) is 7.05 Å². The van der Waals surface area contributed by atoms with Crippen molar-refractivity contribution in [1.29, 1.82) is 5.26 Å². The molecule has 0 radical (unpaired) electrons. The smallest absolute Gasteiger partial charge is 0.226 e. The number of hydrogen-bond acceptors (Lipinski definition) is 2. The number of halogens is 1. The molecule has 0 aromatic heterocycles. The normalized spacial score (nSPS) is 19.0. The zero-order valence-electron chi connectivity index (χ0n) is 12.9. The number of amides is 1. The molecule has 1 aliphatic carbocycles. The van der Waals surface area contributed by atoms with Gasteiger partial charge in [0.05, 0.1) is 11.6 Å². The standard InChI is InChI=1S/C19H17FN2O/c1-22(12-14-4-2-3-13(9-14)11-21)19(23)18-10-17(18)15-5-7-16(20)8-6-15/h2-9,17-18H,10,12H2,1H3/t17-,18-/m1/s1. The number of hydrogen-bond donors (Lipinski definition) is 0. The first-order valence-electron chi connectivity index (χ1n) is 7.58. The van der Waals surface area contributed by atoms with Crippen LogP contribution in [0.2, 0.25) is 0 Å². The largest absolute Gasteiger partial charge is 0.341 e. The Kier molecular flexibility index (Phi) is 4.12. The Morgan fingerprint density at radius 3 is 2.74 bits per heavy atom. The summed E-state index contributed by atoms with van der Waals surface area (Å²) < 4.78 is 13.0. The van der Waals surface area contributed by atoms with Crippen LogP contribution in [0.25, 0.3) is 0 Å². The summed E-state index contributed by atoms with van der Waals surface area (Å²) in [6, 6.07) is 15.8. The van der Waals surface area contributed by atoms with Crippen LogP contribution in [0.3, 0.4) is 0 Å². The Hall–Kier alpha value is -2.67. The molecule has 23 heavy (non-hydrogen) atoms. The van der Waals surface area contributed by atoms with Gasteiger partial charge in [-0.25, -0.2) is 4.39 Å². The molecule has 0 spiro atoms. The maximum atomic E-state index is 13.0. The van der Waals surface area contributed by atoms with Gasteiger partial charge < -0.3 is 4.90 Å². The lowest BCUT2D eigenvalue weighted by atomic mass is 10.1. The highest BCUT2D eigenvalue weighted by Crippen LogP contribution is 2.48. The lowest BCUT2D eigenvalue weighted by Crippen LogP contribution is -2.28. The summed E-state index contributed by atoms with van der Waals surface area (Å²) in [6.07, 6.45) is 0.813. The molecule has 3 rings (SSSR count). The molecule has 2 aromatic carbocycles. The molecule has 0 saturated heterocycles. The SMILES string of the molecule is CN(Cc1cccc(C#N)c1)C(=O)[C@@H]1C[C@@H]1c1ccc(F)cc1. The zero-order valence-corrected chi connectivity index (χ0v) is 12.9. The molecule has 1 fully saturated rings. The molecule has 0 aliphatic heterocycles. The van der Waals surface area contributed by atoms with E-state index in [-0.39, 0.29) is 23.6 Å². The van der Waals surface area contributed by atoms with E-state index in [0.29, 0.717) is 12.1 Å². The Morgan fingerprint density at radius 1 is 1.30 bits per heavy atom. The monoisotopic (exact) mass is 308 g/mol. The lowest BCUT2D eigenvalue weighted by molar-refractivity contribution is -0.131. The highest BCUT2D eigenvalue weighted by molar-refractivity contribution is 5.82. The van der Waals surface area contributed by atoms with Gasteiger partial charge >= 0.3 is 0 Å². The van der Waals surface area contributed by atoms with E-state index in [1.807, 2.05) is 12.1 Å². The molecule has 0 unspecified atom stereocenters. The Labute approximate surface area is 135 Å². The summed E-state index contributed by atoms with van der Waals surface area (Å²) in [7, 11) is 1.78. The fourth-order valence-electron chi connectivity index (χ4n) is 2.92. The summed E-state index contributed by atoms with van der Waals surface area (Å²) in [5.74, 6) is 0.00839. The van der Waals surface area contributed by atoms with Crippen molar-refractivity contribution >= 4 is 5.91 Å². The van der Waals surface area contributed by atoms with E-state index in [1.54, 1.807) is 36.2 Å². The Bertz CT molecular complexity index is 764. The Balaban J connectivity index is 1.62. The van der Waals surface area contributed by atoms with Gasteiger partial charge in [0.1, 0.15) is 5.82 Å². The summed E-state index contributed by atoms with van der Waals surface area (Å²) in [5, 5.41) is 8.93. The predicted molar refractivity (Wildman–Crippen MR) is 84.9 cm³/mol. The first-order chi connectivity index (χ1) is 11.1. The van der Waals surface area contributed by atoms with Crippen molar-refractivity contribution in [3.05, 3.63) is 71.0 Å². The summed E-state index contributed by atoms with van der Waals surface area (Å²) >= 11 is 0. The van der Waals surface area contributed by atoms with Crippen molar-refractivity contribution in [2.45, 2.75) is 18.9 Å². The van der Waals surface area contributed by atoms with Gasteiger partial charge in [-0.1, -0.05) is 24.3 Å². The molecule has 116 valence electrons. The maximum absolute atomic E-state index is 13.0. The third kappa shape index (κ3) is 3.40. The van der Waals surface area contributed by atoms with Gasteiger partial charge in [0, 0.05) is 19.5 Å². The number of benzene rings is 2. The molecule has 0 bridgehead atoms. The fourth-order valence-corrected chi connectivity index (χ4v) is 2.92. The lowest BCUT2D eigenvalue weighted by Gasteiger charge is -2.17. The molecule has 2 aromatic rings. The first kappa shape index (κ1) is 15.2. The van der Waals surface area contributed by atoms with Crippen LogP contribution in [0.15, 0.2) is 48.5 Å². The van der Waals surface area contributed by atoms with Crippen LogP contribution in [0.5, 0.6) is 0 Å². The second-order valence-electron chi connectivity index (χ2n) is 6.01. The van der Waals surface area contributed by atoms with Gasteiger partial charge in [0.15, 0.2) is 0 Å². The molecule has 3 nitrogen and oxygen atoms in total. The summed E-state index contributed by atoms with van der Waals surface area (Å²) in [5.41, 5.74) is 2.56. The second kappa shape index (κ2) is 6.21. The van der Waals surface area contributed by atoms with E-state index in [4.69, 9.17) is 5.26 Å². The molecule has 0 heterocycles. The fraction of sp³-hybridized carbons (Fsp3) is 0.263. The van der Waals surface area contributed by atoms with Gasteiger partial charge in [0.2, 0.25) is 5.91 Å². The molecular weight excluding hydrogens is 291 g/mol. The average Bonchev–Trinajstić information content (AvgIpc) is 3.35. The highest BCUT2D eigenvalue weighted by Gasteiger charge is 2.45. The third-order valence-corrected chi connectivity index (χ3v) is 4.26. The summed E-state index contributed by atoms with van der Waals surface area (Å²) in [4.78, 5) is 14.2. The van der Waals surface area contributed by atoms with Gasteiger partial charge in [-0.3, -0.25) is 4.79 Å². The number of nitriles is 1. The van der Waals surface area contributed by atoms with Crippen LogP contribution in [0.1, 0.15) is 29.0 Å². The van der Waals surface area contributed by atoms with Crippen molar-refractivity contribution in [3.8, 4) is 6.07 Å². The van der Waals surface area contributed by atoms with Crippen LogP contribution < -0.4 is 0 Å². The zero-order chi connectivity index (χ0) is 16.4. The van der Waals surface area contributed by atoms with Crippen molar-refractivity contribution in [3.63, 3.8) is 0 Å². The molecule has 1 amide bonds. The van der Waals surface area contributed by atoms with E-state index in [1.165, 1.54) is 12.1 Å². The molecule has 4 heteroatoms. The minimum absolute atomic E-state index is 0.0235. The van der Waals surface area contributed by atoms with E-state index >= 15 is 0 Å². The Morgan fingerprint density at radius 2 is 2.04 bits per heavy atom. The first-order valence-corrected chi connectivity index (χ1v) is 7.58. The van der Waals surface area contributed by atoms with E-state index < -0.39 is 0 Å². The number of carbonyl (C=O) groups excluding carboxylic acids is 1. The van der Waals surface area contributed by atoms with E-state index in [9.17, 15) is 9.18 Å². The van der Waals surface area contributed by atoms with Crippen LogP contribution in [0.4, 0.5) is 4.39 Å². The van der Waals surface area contributed by atoms with Crippen LogP contribution in [-0.2, 0) is 11.3 Å². The predicted octanol–water partition coefficient (Wildman–Crippen LogP) is 3.46. The number of rotatable bonds is 4. The van der Waals surface area contributed by atoms with Crippen LogP contribution in [-0.4, -0.2) is 17.9 Å². The van der Waals surface area contributed by atoms with Gasteiger partial charge in [-0.15, -0.1) is 0 Å². The van der Waals surface area contributed by atoms with Crippen LogP contribution >= 0.6 is 0 Å².